The fraction of sp³-hybridized carbons (Fsp3) is 0.650. The molecule has 2 N–H and O–H groups in total. The number of benzene rings is 1. The van der Waals surface area contributed by atoms with E-state index in [0.29, 0.717) is 24.1 Å². The van der Waals surface area contributed by atoms with E-state index in [1.54, 1.807) is 7.11 Å². The van der Waals surface area contributed by atoms with Crippen molar-refractivity contribution in [3.8, 4) is 11.5 Å². The van der Waals surface area contributed by atoms with E-state index < -0.39 is 0 Å². The average molecular weight is 379 g/mol. The maximum absolute atomic E-state index is 11.5. The second kappa shape index (κ2) is 11.1. The van der Waals surface area contributed by atoms with Gasteiger partial charge in [0.05, 0.1) is 7.11 Å². The van der Waals surface area contributed by atoms with Gasteiger partial charge in [0.2, 0.25) is 0 Å². The topological polar surface area (TPSA) is 66.1 Å². The third-order valence-electron chi connectivity index (χ3n) is 4.74. The molecule has 0 radical (unpaired) electrons. The van der Waals surface area contributed by atoms with Crippen molar-refractivity contribution in [1.29, 1.82) is 0 Å². The first-order chi connectivity index (χ1) is 13.0. The molecular formula is C20H34N4O3. The lowest BCUT2D eigenvalue weighted by molar-refractivity contribution is -0.123. The molecule has 2 rings (SSSR count). The Kier molecular flexibility index (Phi) is 8.84. The second-order valence-corrected chi connectivity index (χ2v) is 7.11. The number of rotatable bonds is 10. The van der Waals surface area contributed by atoms with E-state index in [2.05, 4.69) is 34.4 Å². The summed E-state index contributed by atoms with van der Waals surface area (Å²) in [5, 5.41) is 6.29. The summed E-state index contributed by atoms with van der Waals surface area (Å²) < 4.78 is 11.0. The number of likely N-dealkylation sites (N-methyl/N-ethyl adjacent to an activating group) is 2. The van der Waals surface area contributed by atoms with E-state index in [4.69, 9.17) is 9.47 Å². The summed E-state index contributed by atoms with van der Waals surface area (Å²) in [6.07, 6.45) is 0. The molecule has 1 aliphatic heterocycles. The van der Waals surface area contributed by atoms with Gasteiger partial charge in [-0.05, 0) is 38.6 Å². The Morgan fingerprint density at radius 1 is 1.22 bits per heavy atom. The van der Waals surface area contributed by atoms with Crippen LogP contribution in [0.25, 0.3) is 0 Å². The molecule has 1 heterocycles. The van der Waals surface area contributed by atoms with E-state index in [0.717, 1.165) is 44.8 Å². The van der Waals surface area contributed by atoms with Crippen LogP contribution in [0, 0.1) is 0 Å². The van der Waals surface area contributed by atoms with E-state index in [1.165, 1.54) is 0 Å². The monoisotopic (exact) mass is 378 g/mol. The second-order valence-electron chi connectivity index (χ2n) is 7.11. The van der Waals surface area contributed by atoms with Crippen LogP contribution in [0.5, 0.6) is 11.5 Å². The molecule has 1 amide bonds. The predicted octanol–water partition coefficient (Wildman–Crippen LogP) is 0.936. The molecule has 0 spiro atoms. The van der Waals surface area contributed by atoms with Gasteiger partial charge < -0.3 is 25.0 Å². The number of ether oxygens (including phenoxy) is 2. The van der Waals surface area contributed by atoms with Gasteiger partial charge >= 0.3 is 0 Å². The van der Waals surface area contributed by atoms with Crippen molar-refractivity contribution in [3.05, 3.63) is 23.8 Å². The highest BCUT2D eigenvalue weighted by Crippen LogP contribution is 2.28. The van der Waals surface area contributed by atoms with Crippen LogP contribution in [-0.4, -0.2) is 81.8 Å². The van der Waals surface area contributed by atoms with Crippen molar-refractivity contribution in [2.24, 2.45) is 0 Å². The lowest BCUT2D eigenvalue weighted by Gasteiger charge is -2.34. The molecule has 0 aliphatic carbocycles. The minimum Gasteiger partial charge on any atom is -0.493 e. The third kappa shape index (κ3) is 7.36. The van der Waals surface area contributed by atoms with Crippen molar-refractivity contribution < 1.29 is 14.3 Å². The number of piperazine rings is 1. The summed E-state index contributed by atoms with van der Waals surface area (Å²) >= 11 is 0. The van der Waals surface area contributed by atoms with E-state index in [9.17, 15) is 4.79 Å². The minimum atomic E-state index is -0.136. The highest BCUT2D eigenvalue weighted by atomic mass is 16.5. The molecule has 152 valence electrons. The molecule has 7 heteroatoms. The molecule has 1 aromatic carbocycles. The normalized spacial score (nSPS) is 16.7. The van der Waals surface area contributed by atoms with Crippen molar-refractivity contribution >= 4 is 5.91 Å². The van der Waals surface area contributed by atoms with Gasteiger partial charge in [0, 0.05) is 51.9 Å². The Balaban J connectivity index is 1.81. The van der Waals surface area contributed by atoms with E-state index >= 15 is 0 Å². The molecule has 0 bridgehead atoms. The zero-order chi connectivity index (χ0) is 19.6. The quantitative estimate of drug-likeness (QED) is 0.632. The molecule has 0 saturated carbocycles. The van der Waals surface area contributed by atoms with Crippen LogP contribution < -0.4 is 20.1 Å². The van der Waals surface area contributed by atoms with Gasteiger partial charge in [-0.25, -0.2) is 0 Å². The van der Waals surface area contributed by atoms with Gasteiger partial charge in [-0.1, -0.05) is 6.07 Å². The van der Waals surface area contributed by atoms with Crippen LogP contribution in [0.2, 0.25) is 0 Å². The van der Waals surface area contributed by atoms with E-state index in [-0.39, 0.29) is 12.5 Å². The molecular weight excluding hydrogens is 344 g/mol. The van der Waals surface area contributed by atoms with Gasteiger partial charge in [0.15, 0.2) is 18.1 Å². The summed E-state index contributed by atoms with van der Waals surface area (Å²) in [4.78, 5) is 16.4. The van der Waals surface area contributed by atoms with Crippen LogP contribution >= 0.6 is 0 Å². The lowest BCUT2D eigenvalue weighted by Crippen LogP contribution is -2.48. The Hall–Kier alpha value is -1.83. The highest BCUT2D eigenvalue weighted by molar-refractivity contribution is 5.77. The molecule has 1 atom stereocenters. The van der Waals surface area contributed by atoms with Crippen LogP contribution in [0.4, 0.5) is 0 Å². The largest absolute Gasteiger partial charge is 0.493 e. The fourth-order valence-electron chi connectivity index (χ4n) is 3.11. The third-order valence-corrected chi connectivity index (χ3v) is 4.74. The van der Waals surface area contributed by atoms with Gasteiger partial charge in [-0.2, -0.15) is 0 Å². The molecule has 7 nitrogen and oxygen atoms in total. The molecule has 1 fully saturated rings. The van der Waals surface area contributed by atoms with Crippen molar-refractivity contribution in [2.45, 2.75) is 26.4 Å². The molecule has 1 unspecified atom stereocenters. The molecule has 1 saturated heterocycles. The van der Waals surface area contributed by atoms with Crippen LogP contribution in [0.1, 0.15) is 19.4 Å². The van der Waals surface area contributed by atoms with Crippen molar-refractivity contribution in [1.82, 2.24) is 20.4 Å². The molecule has 0 aromatic heterocycles. The van der Waals surface area contributed by atoms with Crippen LogP contribution in [0.15, 0.2) is 18.2 Å². The molecule has 1 aliphatic rings. The van der Waals surface area contributed by atoms with Crippen LogP contribution in [-0.2, 0) is 11.3 Å². The summed E-state index contributed by atoms with van der Waals surface area (Å²) in [6.45, 7) is 11.1. The SMILES string of the molecule is CCNC(=O)COc1ccc(CNC(C)CN2CCN(C)CC2)cc1OC. The standard InChI is InChI=1S/C20H34N4O3/c1-5-21-20(25)15-27-18-7-6-17(12-19(18)26-4)13-22-16(2)14-24-10-8-23(3)9-11-24/h6-7,12,16,22H,5,8-11,13-15H2,1-4H3,(H,21,25). The summed E-state index contributed by atoms with van der Waals surface area (Å²) in [5.41, 5.74) is 1.13. The molecule has 1 aromatic rings. The minimum absolute atomic E-state index is 0.0101. The van der Waals surface area contributed by atoms with Crippen LogP contribution in [0.3, 0.4) is 0 Å². The first-order valence-electron chi connectivity index (χ1n) is 9.72. The Labute approximate surface area is 163 Å². The van der Waals surface area contributed by atoms with E-state index in [1.807, 2.05) is 25.1 Å². The average Bonchev–Trinajstić information content (AvgIpc) is 2.67. The maximum Gasteiger partial charge on any atom is 0.257 e. The Morgan fingerprint density at radius 2 is 1.96 bits per heavy atom. The summed E-state index contributed by atoms with van der Waals surface area (Å²) in [7, 11) is 3.79. The number of carbonyl (C=O) groups is 1. The smallest absolute Gasteiger partial charge is 0.257 e. The van der Waals surface area contributed by atoms with Gasteiger partial charge in [0.25, 0.3) is 5.91 Å². The van der Waals surface area contributed by atoms with Crippen molar-refractivity contribution in [3.63, 3.8) is 0 Å². The summed E-state index contributed by atoms with van der Waals surface area (Å²) in [5.74, 6) is 1.09. The number of hydrogen-bond donors (Lipinski definition) is 2. The first-order valence-corrected chi connectivity index (χ1v) is 9.72. The Morgan fingerprint density at radius 3 is 2.63 bits per heavy atom. The number of nitrogens with zero attached hydrogens (tertiary/aromatic N) is 2. The lowest BCUT2D eigenvalue weighted by atomic mass is 10.2. The maximum atomic E-state index is 11.5. The zero-order valence-electron chi connectivity index (χ0n) is 17.1. The van der Waals surface area contributed by atoms with Gasteiger partial charge in [-0.15, -0.1) is 0 Å². The highest BCUT2D eigenvalue weighted by Gasteiger charge is 2.16. The van der Waals surface area contributed by atoms with Gasteiger partial charge in [0.1, 0.15) is 0 Å². The zero-order valence-corrected chi connectivity index (χ0v) is 17.1. The summed E-state index contributed by atoms with van der Waals surface area (Å²) in [6, 6.07) is 6.24. The van der Waals surface area contributed by atoms with Gasteiger partial charge in [-0.3, -0.25) is 9.69 Å². The van der Waals surface area contributed by atoms with Crippen molar-refractivity contribution in [2.75, 3.05) is 60.0 Å². The number of amides is 1. The number of hydrogen-bond acceptors (Lipinski definition) is 6. The number of nitrogens with one attached hydrogen (secondary N) is 2. The number of carbonyl (C=O) groups excluding carboxylic acids is 1. The first kappa shape index (κ1) is 21.5. The fourth-order valence-corrected chi connectivity index (χ4v) is 3.11. The number of methoxy groups -OCH3 is 1. The predicted molar refractivity (Wildman–Crippen MR) is 107 cm³/mol. The molecule has 27 heavy (non-hydrogen) atoms. The Bertz CT molecular complexity index is 589.